The molecule has 1 atom stereocenters. The summed E-state index contributed by atoms with van der Waals surface area (Å²) in [5.74, 6) is 0.682. The molecule has 1 aliphatic carbocycles. The Kier molecular flexibility index (Phi) is 4.61. The fourth-order valence-corrected chi connectivity index (χ4v) is 3.72. The Morgan fingerprint density at radius 2 is 2.15 bits per heavy atom. The Balaban J connectivity index is 1.52. The molecule has 1 saturated heterocycles. The molecule has 20 heavy (non-hydrogen) atoms. The third-order valence-electron chi connectivity index (χ3n) is 4.65. The molecule has 1 spiro atoms. The molecule has 1 aromatic rings. The topological polar surface area (TPSA) is 39.9 Å². The first-order valence-corrected chi connectivity index (χ1v) is 8.46. The van der Waals surface area contributed by atoms with Crippen LogP contribution < -0.4 is 0 Å². The van der Waals surface area contributed by atoms with Gasteiger partial charge in [0.05, 0.1) is 23.9 Å². The van der Waals surface area contributed by atoms with Gasteiger partial charge in [0.2, 0.25) is 0 Å². The molecule has 2 aliphatic rings. The van der Waals surface area contributed by atoms with Gasteiger partial charge in [0.1, 0.15) is 0 Å². The summed E-state index contributed by atoms with van der Waals surface area (Å²) in [5, 5.41) is 8.41. The maximum atomic E-state index is 6.37. The molecule has 1 saturated carbocycles. The predicted octanol–water partition coefficient (Wildman–Crippen LogP) is 3.33. The van der Waals surface area contributed by atoms with Crippen LogP contribution in [0.1, 0.15) is 57.1 Å². The first kappa shape index (κ1) is 14.3. The van der Waals surface area contributed by atoms with Crippen LogP contribution in [0, 0.1) is 0 Å². The van der Waals surface area contributed by atoms with E-state index in [9.17, 15) is 0 Å². The molecule has 2 fully saturated rings. The molecule has 1 aromatic heterocycles. The van der Waals surface area contributed by atoms with Crippen molar-refractivity contribution in [1.29, 1.82) is 0 Å². The highest BCUT2D eigenvalue weighted by molar-refractivity contribution is 6.17. The highest BCUT2D eigenvalue weighted by atomic mass is 35.5. The zero-order valence-corrected chi connectivity index (χ0v) is 12.8. The van der Waals surface area contributed by atoms with Crippen molar-refractivity contribution in [2.75, 3.05) is 5.88 Å². The van der Waals surface area contributed by atoms with E-state index < -0.39 is 0 Å². The molecule has 3 rings (SSSR count). The van der Waals surface area contributed by atoms with E-state index in [4.69, 9.17) is 16.3 Å². The summed E-state index contributed by atoms with van der Waals surface area (Å²) < 4.78 is 8.32. The van der Waals surface area contributed by atoms with Crippen LogP contribution in [0.25, 0.3) is 0 Å². The number of aromatic nitrogens is 3. The summed E-state index contributed by atoms with van der Waals surface area (Å²) >= 11 is 5.70. The number of rotatable bonds is 5. The van der Waals surface area contributed by atoms with Gasteiger partial charge in [0, 0.05) is 12.1 Å². The molecular formula is C15H24ClN3O. The minimum Gasteiger partial charge on any atom is -0.370 e. The lowest BCUT2D eigenvalue weighted by Gasteiger charge is -2.33. The lowest BCUT2D eigenvalue weighted by Crippen LogP contribution is -2.32. The Labute approximate surface area is 125 Å². The average Bonchev–Trinajstić information content (AvgIpc) is 3.06. The molecule has 2 heterocycles. The molecule has 1 aliphatic heterocycles. The normalized spacial score (nSPS) is 25.4. The molecule has 0 N–H and O–H groups in total. The molecule has 112 valence electrons. The van der Waals surface area contributed by atoms with E-state index in [0.29, 0.717) is 12.0 Å². The van der Waals surface area contributed by atoms with Gasteiger partial charge in [-0.15, -0.1) is 16.7 Å². The molecular weight excluding hydrogens is 274 g/mol. The summed E-state index contributed by atoms with van der Waals surface area (Å²) in [6, 6.07) is 0. The molecule has 4 nitrogen and oxygen atoms in total. The molecule has 0 radical (unpaired) electrons. The Hall–Kier alpha value is -0.610. The fourth-order valence-electron chi connectivity index (χ4n) is 3.59. The number of halogens is 1. The third-order valence-corrected chi connectivity index (χ3v) is 4.91. The van der Waals surface area contributed by atoms with Gasteiger partial charge in [-0.3, -0.25) is 0 Å². The van der Waals surface area contributed by atoms with Gasteiger partial charge >= 0.3 is 0 Å². The van der Waals surface area contributed by atoms with Gasteiger partial charge in [-0.25, -0.2) is 4.68 Å². The first-order chi connectivity index (χ1) is 9.80. The lowest BCUT2D eigenvalue weighted by molar-refractivity contribution is -0.0689. The molecule has 1 unspecified atom stereocenters. The van der Waals surface area contributed by atoms with Gasteiger partial charge in [-0.05, 0) is 38.5 Å². The smallest absolute Gasteiger partial charge is 0.0827 e. The zero-order chi connectivity index (χ0) is 13.8. The first-order valence-electron chi connectivity index (χ1n) is 7.92. The van der Waals surface area contributed by atoms with E-state index in [2.05, 4.69) is 10.3 Å². The summed E-state index contributed by atoms with van der Waals surface area (Å²) in [4.78, 5) is 0. The van der Waals surface area contributed by atoms with Crippen molar-refractivity contribution >= 4 is 11.6 Å². The van der Waals surface area contributed by atoms with Gasteiger partial charge < -0.3 is 4.74 Å². The Bertz CT molecular complexity index is 429. The van der Waals surface area contributed by atoms with Crippen molar-refractivity contribution in [2.45, 2.75) is 76.0 Å². The van der Waals surface area contributed by atoms with E-state index in [1.54, 1.807) is 0 Å². The monoisotopic (exact) mass is 297 g/mol. The molecule has 0 amide bonds. The molecule has 0 bridgehead atoms. The SMILES string of the molecule is ClCCCc1cn(CC2CCC3(CCCCC3)O2)nn1. The van der Waals surface area contributed by atoms with Gasteiger partial charge in [0.25, 0.3) is 0 Å². The van der Waals surface area contributed by atoms with Crippen LogP contribution in [-0.4, -0.2) is 32.6 Å². The van der Waals surface area contributed by atoms with Crippen LogP contribution >= 0.6 is 11.6 Å². The number of hydrogen-bond acceptors (Lipinski definition) is 3. The second-order valence-corrected chi connectivity index (χ2v) is 6.62. The summed E-state index contributed by atoms with van der Waals surface area (Å²) in [7, 11) is 0. The maximum Gasteiger partial charge on any atom is 0.0827 e. The Morgan fingerprint density at radius 3 is 2.95 bits per heavy atom. The van der Waals surface area contributed by atoms with Gasteiger partial charge in [-0.2, -0.15) is 0 Å². The van der Waals surface area contributed by atoms with Crippen LogP contribution in [-0.2, 0) is 17.7 Å². The predicted molar refractivity (Wildman–Crippen MR) is 79.0 cm³/mol. The summed E-state index contributed by atoms with van der Waals surface area (Å²) in [5.41, 5.74) is 1.24. The van der Waals surface area contributed by atoms with Crippen LogP contribution in [0.4, 0.5) is 0 Å². The van der Waals surface area contributed by atoms with E-state index in [-0.39, 0.29) is 5.60 Å². The third kappa shape index (κ3) is 3.34. The second kappa shape index (κ2) is 6.44. The average molecular weight is 298 g/mol. The van der Waals surface area contributed by atoms with Crippen molar-refractivity contribution in [3.8, 4) is 0 Å². The quantitative estimate of drug-likeness (QED) is 0.783. The number of hydrogen-bond donors (Lipinski definition) is 0. The number of alkyl halides is 1. The fraction of sp³-hybridized carbons (Fsp3) is 0.867. The van der Waals surface area contributed by atoms with Gasteiger partial charge in [0.15, 0.2) is 0 Å². The van der Waals surface area contributed by atoms with Crippen LogP contribution in [0.15, 0.2) is 6.20 Å². The lowest BCUT2D eigenvalue weighted by atomic mass is 9.83. The highest BCUT2D eigenvalue weighted by Gasteiger charge is 2.40. The van der Waals surface area contributed by atoms with Crippen molar-refractivity contribution in [2.24, 2.45) is 0 Å². The summed E-state index contributed by atoms with van der Waals surface area (Å²) in [6.07, 6.45) is 13.2. The summed E-state index contributed by atoms with van der Waals surface area (Å²) in [6.45, 7) is 0.843. The minimum atomic E-state index is 0.199. The van der Waals surface area contributed by atoms with Crippen molar-refractivity contribution in [3.63, 3.8) is 0 Å². The standard InChI is InChI=1S/C15H24ClN3O/c16-10-4-5-13-11-19(18-17-13)12-14-6-9-15(20-14)7-2-1-3-8-15/h11,14H,1-10,12H2. The number of nitrogens with zero attached hydrogens (tertiary/aromatic N) is 3. The van der Waals surface area contributed by atoms with Gasteiger partial charge in [-0.1, -0.05) is 24.5 Å². The van der Waals surface area contributed by atoms with Crippen LogP contribution in [0.5, 0.6) is 0 Å². The van der Waals surface area contributed by atoms with E-state index >= 15 is 0 Å². The highest BCUT2D eigenvalue weighted by Crippen LogP contribution is 2.42. The van der Waals surface area contributed by atoms with E-state index in [1.165, 1.54) is 38.5 Å². The van der Waals surface area contributed by atoms with Crippen molar-refractivity contribution < 1.29 is 4.74 Å². The number of aryl methyl sites for hydroxylation is 1. The van der Waals surface area contributed by atoms with Crippen LogP contribution in [0.2, 0.25) is 0 Å². The second-order valence-electron chi connectivity index (χ2n) is 6.25. The Morgan fingerprint density at radius 1 is 1.30 bits per heavy atom. The minimum absolute atomic E-state index is 0.199. The van der Waals surface area contributed by atoms with Crippen LogP contribution in [0.3, 0.4) is 0 Å². The number of ether oxygens (including phenoxy) is 1. The van der Waals surface area contributed by atoms with Crippen molar-refractivity contribution in [3.05, 3.63) is 11.9 Å². The largest absolute Gasteiger partial charge is 0.370 e. The van der Waals surface area contributed by atoms with E-state index in [0.717, 1.165) is 31.5 Å². The van der Waals surface area contributed by atoms with Crippen molar-refractivity contribution in [1.82, 2.24) is 15.0 Å². The molecule has 0 aromatic carbocycles. The molecule has 5 heteroatoms. The zero-order valence-electron chi connectivity index (χ0n) is 12.1. The maximum absolute atomic E-state index is 6.37. The van der Waals surface area contributed by atoms with E-state index in [1.807, 2.05) is 10.9 Å².